The van der Waals surface area contributed by atoms with Gasteiger partial charge in [-0.3, -0.25) is 0 Å². The summed E-state index contributed by atoms with van der Waals surface area (Å²) in [7, 11) is 0. The Balaban J connectivity index is 1.43. The van der Waals surface area contributed by atoms with Crippen LogP contribution >= 0.6 is 0 Å². The molecule has 1 unspecified atom stereocenters. The lowest BCUT2D eigenvalue weighted by molar-refractivity contribution is 0.243. The third kappa shape index (κ3) is 2.28. The maximum Gasteiger partial charge on any atom is 0.319 e. The van der Waals surface area contributed by atoms with E-state index in [0.717, 1.165) is 24.2 Å². The van der Waals surface area contributed by atoms with Gasteiger partial charge in [-0.1, -0.05) is 6.07 Å². The number of aryl methyl sites for hydroxylation is 1. The number of hydrogen-bond donors (Lipinski definition) is 2. The molecule has 0 radical (unpaired) electrons. The largest absolute Gasteiger partial charge is 0.333 e. The lowest BCUT2D eigenvalue weighted by atomic mass is 10.1. The molecule has 0 saturated heterocycles. The number of carbonyl (C=O) groups excluding carboxylic acids is 1. The minimum absolute atomic E-state index is 0.0519. The molecule has 4 heterocycles. The quantitative estimate of drug-likeness (QED) is 0.740. The summed E-state index contributed by atoms with van der Waals surface area (Å²) in [5, 5.41) is 14.2. The third-order valence-electron chi connectivity index (χ3n) is 3.82. The van der Waals surface area contributed by atoms with Gasteiger partial charge in [-0.15, -0.1) is 0 Å². The molecule has 3 aromatic heterocycles. The van der Waals surface area contributed by atoms with Crippen LogP contribution in [0.3, 0.4) is 0 Å². The van der Waals surface area contributed by atoms with Crippen molar-refractivity contribution in [3.63, 3.8) is 0 Å². The second-order valence-corrected chi connectivity index (χ2v) is 5.28. The summed E-state index contributed by atoms with van der Waals surface area (Å²) in [6, 6.07) is 5.53. The van der Waals surface area contributed by atoms with Gasteiger partial charge in [-0.2, -0.15) is 10.2 Å². The minimum Gasteiger partial charge on any atom is -0.333 e. The SMILES string of the molecule is O=C(Nc1cnn2ccccc12)NC1CCc2ncnn2C1. The van der Waals surface area contributed by atoms with E-state index in [9.17, 15) is 4.79 Å². The summed E-state index contributed by atoms with van der Waals surface area (Å²) in [4.78, 5) is 16.3. The maximum absolute atomic E-state index is 12.2. The maximum atomic E-state index is 12.2. The molecule has 4 rings (SSSR count). The summed E-state index contributed by atoms with van der Waals surface area (Å²) < 4.78 is 3.56. The number of aromatic nitrogens is 5. The van der Waals surface area contributed by atoms with Crippen molar-refractivity contribution in [3.8, 4) is 0 Å². The lowest BCUT2D eigenvalue weighted by Gasteiger charge is -2.23. The molecule has 0 fully saturated rings. The van der Waals surface area contributed by atoms with Crippen molar-refractivity contribution in [2.45, 2.75) is 25.4 Å². The Hall–Kier alpha value is -2.90. The van der Waals surface area contributed by atoms with Gasteiger partial charge >= 0.3 is 6.03 Å². The Bertz CT molecular complexity index is 821. The summed E-state index contributed by atoms with van der Waals surface area (Å²) >= 11 is 0. The second-order valence-electron chi connectivity index (χ2n) is 5.28. The molecule has 112 valence electrons. The first-order valence-corrected chi connectivity index (χ1v) is 7.16. The number of rotatable bonds is 2. The second kappa shape index (κ2) is 5.14. The highest BCUT2D eigenvalue weighted by Gasteiger charge is 2.21. The Kier molecular flexibility index (Phi) is 2.99. The average molecular weight is 297 g/mol. The van der Waals surface area contributed by atoms with Gasteiger partial charge in [0.15, 0.2) is 0 Å². The van der Waals surface area contributed by atoms with E-state index in [-0.39, 0.29) is 12.1 Å². The summed E-state index contributed by atoms with van der Waals surface area (Å²) in [6.07, 6.45) is 6.72. The van der Waals surface area contributed by atoms with Crippen LogP contribution in [0.25, 0.3) is 5.52 Å². The van der Waals surface area contributed by atoms with Crippen molar-refractivity contribution in [1.82, 2.24) is 29.7 Å². The zero-order valence-corrected chi connectivity index (χ0v) is 11.8. The Morgan fingerprint density at radius 3 is 3.23 bits per heavy atom. The number of anilines is 1. The van der Waals surface area contributed by atoms with E-state index in [2.05, 4.69) is 25.8 Å². The predicted octanol–water partition coefficient (Wildman–Crippen LogP) is 1.06. The molecule has 0 bridgehead atoms. The topological polar surface area (TPSA) is 89.1 Å². The van der Waals surface area contributed by atoms with Crippen LogP contribution in [0, 0.1) is 0 Å². The van der Waals surface area contributed by atoms with Crippen LogP contribution in [0.2, 0.25) is 0 Å². The van der Waals surface area contributed by atoms with Crippen LogP contribution < -0.4 is 10.6 Å². The Morgan fingerprint density at radius 2 is 2.27 bits per heavy atom. The number of nitrogens with zero attached hydrogens (tertiary/aromatic N) is 5. The van der Waals surface area contributed by atoms with Gasteiger partial charge in [0.05, 0.1) is 30.0 Å². The molecule has 3 aromatic rings. The molecule has 0 spiro atoms. The van der Waals surface area contributed by atoms with Crippen LogP contribution in [0.5, 0.6) is 0 Å². The first-order chi connectivity index (χ1) is 10.8. The zero-order valence-electron chi connectivity index (χ0n) is 11.8. The molecular formula is C14H15N7O. The average Bonchev–Trinajstić information content (AvgIpc) is 3.14. The smallest absolute Gasteiger partial charge is 0.319 e. The van der Waals surface area contributed by atoms with Gasteiger partial charge in [0, 0.05) is 12.6 Å². The number of amides is 2. The van der Waals surface area contributed by atoms with Gasteiger partial charge in [-0.25, -0.2) is 19.0 Å². The van der Waals surface area contributed by atoms with Crippen LogP contribution in [-0.2, 0) is 13.0 Å². The fraction of sp³-hybridized carbons (Fsp3) is 0.286. The lowest BCUT2D eigenvalue weighted by Crippen LogP contribution is -2.43. The van der Waals surface area contributed by atoms with Gasteiger partial charge < -0.3 is 10.6 Å². The van der Waals surface area contributed by atoms with Crippen molar-refractivity contribution in [2.24, 2.45) is 0 Å². The van der Waals surface area contributed by atoms with Crippen LogP contribution in [0.1, 0.15) is 12.2 Å². The van der Waals surface area contributed by atoms with E-state index < -0.39 is 0 Å². The number of pyridine rings is 1. The van der Waals surface area contributed by atoms with Crippen molar-refractivity contribution >= 4 is 17.2 Å². The molecule has 0 aromatic carbocycles. The van der Waals surface area contributed by atoms with Gasteiger partial charge in [0.1, 0.15) is 12.2 Å². The predicted molar refractivity (Wildman–Crippen MR) is 79.5 cm³/mol. The summed E-state index contributed by atoms with van der Waals surface area (Å²) in [5.41, 5.74) is 1.55. The highest BCUT2D eigenvalue weighted by molar-refractivity contribution is 5.93. The molecule has 22 heavy (non-hydrogen) atoms. The Morgan fingerprint density at radius 1 is 1.32 bits per heavy atom. The highest BCUT2D eigenvalue weighted by Crippen LogP contribution is 2.16. The van der Waals surface area contributed by atoms with E-state index in [1.165, 1.54) is 0 Å². The monoisotopic (exact) mass is 297 g/mol. The highest BCUT2D eigenvalue weighted by atomic mass is 16.2. The summed E-state index contributed by atoms with van der Waals surface area (Å²) in [6.45, 7) is 0.650. The fourth-order valence-corrected chi connectivity index (χ4v) is 2.73. The number of urea groups is 1. The molecule has 2 amide bonds. The molecule has 0 saturated carbocycles. The zero-order chi connectivity index (χ0) is 14.9. The van der Waals surface area contributed by atoms with E-state index in [1.807, 2.05) is 29.1 Å². The number of fused-ring (bicyclic) bond motifs is 2. The molecule has 8 heteroatoms. The first kappa shape index (κ1) is 12.8. The van der Waals surface area contributed by atoms with Crippen LogP contribution in [0.4, 0.5) is 10.5 Å². The van der Waals surface area contributed by atoms with Crippen molar-refractivity contribution in [3.05, 3.63) is 42.7 Å². The van der Waals surface area contributed by atoms with Gasteiger partial charge in [-0.05, 0) is 18.6 Å². The first-order valence-electron chi connectivity index (χ1n) is 7.16. The van der Waals surface area contributed by atoms with Gasteiger partial charge in [0.2, 0.25) is 0 Å². The van der Waals surface area contributed by atoms with E-state index in [1.54, 1.807) is 17.0 Å². The van der Waals surface area contributed by atoms with E-state index in [4.69, 9.17) is 0 Å². The molecule has 8 nitrogen and oxygen atoms in total. The molecule has 2 N–H and O–H groups in total. The number of hydrogen-bond acceptors (Lipinski definition) is 4. The molecule has 1 aliphatic rings. The van der Waals surface area contributed by atoms with E-state index >= 15 is 0 Å². The van der Waals surface area contributed by atoms with Gasteiger partial charge in [0.25, 0.3) is 0 Å². The molecule has 1 atom stereocenters. The Labute approximate surface area is 126 Å². The fourth-order valence-electron chi connectivity index (χ4n) is 2.73. The summed E-state index contributed by atoms with van der Waals surface area (Å²) in [5.74, 6) is 0.973. The normalized spacial score (nSPS) is 17.2. The van der Waals surface area contributed by atoms with Crippen LogP contribution in [0.15, 0.2) is 36.9 Å². The van der Waals surface area contributed by atoms with Crippen molar-refractivity contribution in [1.29, 1.82) is 0 Å². The molecule has 1 aliphatic heterocycles. The van der Waals surface area contributed by atoms with Crippen molar-refractivity contribution < 1.29 is 4.79 Å². The van der Waals surface area contributed by atoms with E-state index in [0.29, 0.717) is 12.2 Å². The molecule has 0 aliphatic carbocycles. The minimum atomic E-state index is -0.229. The number of carbonyl (C=O) groups is 1. The third-order valence-corrected chi connectivity index (χ3v) is 3.82. The molecular weight excluding hydrogens is 282 g/mol. The standard InChI is InChI=1S/C14H15N7O/c22-14(18-10-4-5-13-15-9-17-21(13)8-10)19-11-7-16-20-6-2-1-3-12(11)20/h1-3,6-7,9-10H,4-5,8H2,(H2,18,19,22). The van der Waals surface area contributed by atoms with Crippen molar-refractivity contribution in [2.75, 3.05) is 5.32 Å². The number of nitrogens with one attached hydrogen (secondary N) is 2. The van der Waals surface area contributed by atoms with Crippen LogP contribution in [-0.4, -0.2) is 36.5 Å².